The third-order valence-electron chi connectivity index (χ3n) is 1.83. The normalized spacial score (nSPS) is 27.2. The van der Waals surface area contributed by atoms with Crippen molar-refractivity contribution in [3.8, 4) is 0 Å². The maximum atomic E-state index is 11.1. The van der Waals surface area contributed by atoms with E-state index in [2.05, 4.69) is 0 Å². The van der Waals surface area contributed by atoms with Crippen molar-refractivity contribution in [1.82, 2.24) is 4.90 Å². The maximum Gasteiger partial charge on any atom is 0.251 e. The highest BCUT2D eigenvalue weighted by atomic mass is 16.3. The molecule has 0 aromatic heterocycles. The highest BCUT2D eigenvalue weighted by molar-refractivity contribution is 5.80. The second-order valence-corrected chi connectivity index (χ2v) is 2.90. The van der Waals surface area contributed by atoms with Crippen LogP contribution in [-0.4, -0.2) is 46.3 Å². The molecule has 0 aromatic carbocycles. The van der Waals surface area contributed by atoms with Gasteiger partial charge < -0.3 is 15.1 Å². The highest BCUT2D eigenvalue weighted by Crippen LogP contribution is 2.09. The van der Waals surface area contributed by atoms with Crippen molar-refractivity contribution < 1.29 is 15.0 Å². The van der Waals surface area contributed by atoms with Crippen LogP contribution >= 0.6 is 0 Å². The summed E-state index contributed by atoms with van der Waals surface area (Å²) >= 11 is 0. The van der Waals surface area contributed by atoms with Crippen LogP contribution in [0.2, 0.25) is 0 Å². The molecule has 1 aliphatic heterocycles. The van der Waals surface area contributed by atoms with E-state index >= 15 is 0 Å². The van der Waals surface area contributed by atoms with Crippen molar-refractivity contribution >= 4 is 5.91 Å². The molecule has 1 saturated heterocycles. The minimum atomic E-state index is -0.944. The van der Waals surface area contributed by atoms with Gasteiger partial charge in [0.05, 0.1) is 6.10 Å². The summed E-state index contributed by atoms with van der Waals surface area (Å²) in [6, 6.07) is 0. The van der Waals surface area contributed by atoms with E-state index in [4.69, 9.17) is 10.2 Å². The Labute approximate surface area is 65.4 Å². The quantitative estimate of drug-likeness (QED) is 0.514. The van der Waals surface area contributed by atoms with Crippen LogP contribution in [0.5, 0.6) is 0 Å². The number of rotatable bonds is 1. The molecule has 4 heteroatoms. The Balaban J connectivity index is 2.43. The fraction of sp³-hybridized carbons (Fsp3) is 0.857. The fourth-order valence-corrected chi connectivity index (χ4v) is 1.21. The molecular weight excluding hydrogens is 146 g/mol. The molecule has 1 amide bonds. The van der Waals surface area contributed by atoms with E-state index < -0.39 is 12.2 Å². The summed E-state index contributed by atoms with van der Waals surface area (Å²) < 4.78 is 0. The van der Waals surface area contributed by atoms with E-state index in [0.29, 0.717) is 19.5 Å². The molecule has 1 fully saturated rings. The van der Waals surface area contributed by atoms with Crippen LogP contribution in [-0.2, 0) is 4.79 Å². The van der Waals surface area contributed by atoms with Gasteiger partial charge in [0.15, 0.2) is 0 Å². The largest absolute Gasteiger partial charge is 0.391 e. The number of likely N-dealkylation sites (tertiary alicyclic amines) is 1. The minimum absolute atomic E-state index is 0.290. The first-order chi connectivity index (χ1) is 5.11. The van der Waals surface area contributed by atoms with E-state index in [-0.39, 0.29) is 5.91 Å². The van der Waals surface area contributed by atoms with E-state index in [1.807, 2.05) is 0 Å². The molecule has 0 bridgehead atoms. The van der Waals surface area contributed by atoms with Crippen molar-refractivity contribution in [2.24, 2.45) is 0 Å². The predicted octanol–water partition coefficient (Wildman–Crippen LogP) is -1.04. The Hall–Kier alpha value is -0.610. The second-order valence-electron chi connectivity index (χ2n) is 2.90. The lowest BCUT2D eigenvalue weighted by molar-refractivity contribution is -0.138. The van der Waals surface area contributed by atoms with Crippen molar-refractivity contribution in [2.75, 3.05) is 13.1 Å². The third kappa shape index (κ3) is 1.91. The Kier molecular flexibility index (Phi) is 2.46. The summed E-state index contributed by atoms with van der Waals surface area (Å²) in [6.45, 7) is 2.36. The van der Waals surface area contributed by atoms with Crippen LogP contribution in [0.25, 0.3) is 0 Å². The molecule has 2 N–H and O–H groups in total. The summed E-state index contributed by atoms with van der Waals surface area (Å²) in [6.07, 6.45) is -0.726. The predicted molar refractivity (Wildman–Crippen MR) is 38.9 cm³/mol. The molecule has 1 heterocycles. The molecule has 0 unspecified atom stereocenters. The van der Waals surface area contributed by atoms with Crippen molar-refractivity contribution in [3.05, 3.63) is 0 Å². The zero-order valence-corrected chi connectivity index (χ0v) is 6.53. The van der Waals surface area contributed by atoms with Gasteiger partial charge in [-0.05, 0) is 13.3 Å². The maximum absolute atomic E-state index is 11.1. The Morgan fingerprint density at radius 2 is 2.36 bits per heavy atom. The third-order valence-corrected chi connectivity index (χ3v) is 1.83. The fourth-order valence-electron chi connectivity index (χ4n) is 1.21. The van der Waals surface area contributed by atoms with E-state index in [0.717, 1.165) is 0 Å². The van der Waals surface area contributed by atoms with Gasteiger partial charge in [0.2, 0.25) is 0 Å². The first kappa shape index (κ1) is 8.49. The molecule has 2 atom stereocenters. The average molecular weight is 159 g/mol. The van der Waals surface area contributed by atoms with Crippen LogP contribution in [0.15, 0.2) is 0 Å². The van der Waals surface area contributed by atoms with E-state index in [1.54, 1.807) is 0 Å². The van der Waals surface area contributed by atoms with Gasteiger partial charge in [-0.3, -0.25) is 4.79 Å². The van der Waals surface area contributed by atoms with Gasteiger partial charge in [-0.1, -0.05) is 0 Å². The number of amides is 1. The Bertz CT molecular complexity index is 158. The number of carbonyl (C=O) groups is 1. The topological polar surface area (TPSA) is 60.8 Å². The molecule has 0 radical (unpaired) electrons. The number of hydrogen-bond donors (Lipinski definition) is 2. The molecule has 4 nitrogen and oxygen atoms in total. The molecule has 0 aromatic rings. The first-order valence-electron chi connectivity index (χ1n) is 3.76. The standard InChI is InChI=1S/C7H13NO3/c1-5(9)7(11)8-3-2-6(10)4-8/h5-6,9-10H,2-4H2,1H3/t5-,6-/m0/s1. The lowest BCUT2D eigenvalue weighted by Crippen LogP contribution is -2.36. The number of hydrogen-bond acceptors (Lipinski definition) is 3. The van der Waals surface area contributed by atoms with Gasteiger partial charge in [-0.25, -0.2) is 0 Å². The average Bonchev–Trinajstić information content (AvgIpc) is 2.34. The van der Waals surface area contributed by atoms with Crippen LogP contribution in [0.4, 0.5) is 0 Å². The SMILES string of the molecule is C[C@H](O)C(=O)N1CC[C@H](O)C1. The van der Waals surface area contributed by atoms with Crippen molar-refractivity contribution in [3.63, 3.8) is 0 Å². The minimum Gasteiger partial charge on any atom is -0.391 e. The van der Waals surface area contributed by atoms with Gasteiger partial charge in [-0.15, -0.1) is 0 Å². The van der Waals surface area contributed by atoms with Crippen LogP contribution in [0.3, 0.4) is 0 Å². The zero-order chi connectivity index (χ0) is 8.43. The number of aliphatic hydroxyl groups is 2. The summed E-state index contributed by atoms with van der Waals surface area (Å²) in [7, 11) is 0. The van der Waals surface area contributed by atoms with Gasteiger partial charge in [0.25, 0.3) is 5.91 Å². The summed E-state index contributed by atoms with van der Waals surface area (Å²) in [5, 5.41) is 17.9. The molecule has 0 spiro atoms. The van der Waals surface area contributed by atoms with Crippen molar-refractivity contribution in [1.29, 1.82) is 0 Å². The summed E-state index contributed by atoms with van der Waals surface area (Å²) in [5.41, 5.74) is 0. The lowest BCUT2D eigenvalue weighted by Gasteiger charge is -2.16. The molecule has 0 saturated carbocycles. The van der Waals surface area contributed by atoms with E-state index in [1.165, 1.54) is 11.8 Å². The van der Waals surface area contributed by atoms with Crippen molar-refractivity contribution in [2.45, 2.75) is 25.6 Å². The number of aliphatic hydroxyl groups excluding tert-OH is 2. The van der Waals surface area contributed by atoms with Crippen LogP contribution in [0, 0.1) is 0 Å². The van der Waals surface area contributed by atoms with Gasteiger partial charge in [-0.2, -0.15) is 0 Å². The zero-order valence-electron chi connectivity index (χ0n) is 6.53. The highest BCUT2D eigenvalue weighted by Gasteiger charge is 2.26. The smallest absolute Gasteiger partial charge is 0.251 e. The summed E-state index contributed by atoms with van der Waals surface area (Å²) in [4.78, 5) is 12.5. The van der Waals surface area contributed by atoms with Crippen LogP contribution in [0.1, 0.15) is 13.3 Å². The number of carbonyl (C=O) groups excluding carboxylic acids is 1. The molecule has 1 rings (SSSR count). The first-order valence-corrected chi connectivity index (χ1v) is 3.76. The van der Waals surface area contributed by atoms with Gasteiger partial charge in [0.1, 0.15) is 6.10 Å². The monoisotopic (exact) mass is 159 g/mol. The lowest BCUT2D eigenvalue weighted by atomic mass is 10.3. The van der Waals surface area contributed by atoms with E-state index in [9.17, 15) is 4.79 Å². The second kappa shape index (κ2) is 3.19. The Morgan fingerprint density at radius 3 is 2.73 bits per heavy atom. The molecule has 0 aliphatic carbocycles. The number of β-amino-alcohol motifs (C(OH)–C–C–N with tert-alkyl or cyclic N) is 1. The van der Waals surface area contributed by atoms with Gasteiger partial charge in [0, 0.05) is 13.1 Å². The molecule has 64 valence electrons. The number of nitrogens with zero attached hydrogens (tertiary/aromatic N) is 1. The summed E-state index contributed by atoms with van der Waals surface area (Å²) in [5.74, 6) is -0.290. The van der Waals surface area contributed by atoms with Gasteiger partial charge >= 0.3 is 0 Å². The Morgan fingerprint density at radius 1 is 1.73 bits per heavy atom. The molecular formula is C7H13NO3. The molecule has 1 aliphatic rings. The molecule has 11 heavy (non-hydrogen) atoms. The van der Waals surface area contributed by atoms with Crippen LogP contribution < -0.4 is 0 Å².